The highest BCUT2D eigenvalue weighted by Crippen LogP contribution is 2.35. The predicted molar refractivity (Wildman–Crippen MR) is 89.8 cm³/mol. The van der Waals surface area contributed by atoms with Crippen molar-refractivity contribution in [3.8, 4) is 0 Å². The quantitative estimate of drug-likeness (QED) is 0.811. The molecule has 0 aromatic heterocycles. The first kappa shape index (κ1) is 17.2. The standard InChI is InChI=1S/C18H36N2O/c1-5-10-19-16-8-11-20(15(4)13-16)17-9-12-21-18(6-2,7-3)14-17/h15-17,19H,5-14H2,1-4H3. The van der Waals surface area contributed by atoms with Crippen LogP contribution in [-0.2, 0) is 4.74 Å². The largest absolute Gasteiger partial charge is 0.375 e. The van der Waals surface area contributed by atoms with Crippen LogP contribution in [0.4, 0.5) is 0 Å². The lowest BCUT2D eigenvalue weighted by molar-refractivity contribution is -0.117. The Morgan fingerprint density at radius 1 is 1.19 bits per heavy atom. The summed E-state index contributed by atoms with van der Waals surface area (Å²) < 4.78 is 6.16. The van der Waals surface area contributed by atoms with E-state index >= 15 is 0 Å². The smallest absolute Gasteiger partial charge is 0.0692 e. The molecule has 0 aliphatic carbocycles. The van der Waals surface area contributed by atoms with Crippen LogP contribution in [0, 0.1) is 0 Å². The molecule has 0 amide bonds. The monoisotopic (exact) mass is 296 g/mol. The van der Waals surface area contributed by atoms with Crippen LogP contribution in [0.2, 0.25) is 0 Å². The summed E-state index contributed by atoms with van der Waals surface area (Å²) in [7, 11) is 0. The Morgan fingerprint density at radius 2 is 1.95 bits per heavy atom. The van der Waals surface area contributed by atoms with Crippen LogP contribution in [0.3, 0.4) is 0 Å². The Hall–Kier alpha value is -0.120. The SMILES string of the molecule is CCCNC1CCN(C2CCOC(CC)(CC)C2)C(C)C1. The van der Waals surface area contributed by atoms with Gasteiger partial charge in [0.05, 0.1) is 5.60 Å². The summed E-state index contributed by atoms with van der Waals surface area (Å²) in [5, 5.41) is 3.71. The maximum atomic E-state index is 6.16. The molecule has 0 aromatic rings. The zero-order chi connectivity index (χ0) is 15.3. The first-order valence-electron chi connectivity index (χ1n) is 9.27. The third kappa shape index (κ3) is 4.20. The van der Waals surface area contributed by atoms with E-state index in [0.717, 1.165) is 31.5 Å². The second-order valence-corrected chi connectivity index (χ2v) is 7.15. The van der Waals surface area contributed by atoms with Crippen LogP contribution in [0.15, 0.2) is 0 Å². The third-order valence-electron chi connectivity index (χ3n) is 5.84. The normalized spacial score (nSPS) is 34.0. The second-order valence-electron chi connectivity index (χ2n) is 7.15. The average Bonchev–Trinajstić information content (AvgIpc) is 2.53. The summed E-state index contributed by atoms with van der Waals surface area (Å²) in [6.07, 6.45) is 8.63. The van der Waals surface area contributed by atoms with Crippen LogP contribution in [-0.4, -0.2) is 48.3 Å². The zero-order valence-electron chi connectivity index (χ0n) is 14.7. The maximum absolute atomic E-state index is 6.16. The summed E-state index contributed by atoms with van der Waals surface area (Å²) in [6.45, 7) is 12.6. The Balaban J connectivity index is 1.90. The fourth-order valence-corrected chi connectivity index (χ4v) is 4.29. The van der Waals surface area contributed by atoms with E-state index in [1.807, 2.05) is 0 Å². The van der Waals surface area contributed by atoms with Gasteiger partial charge in [0.2, 0.25) is 0 Å². The summed E-state index contributed by atoms with van der Waals surface area (Å²) in [5.74, 6) is 0. The highest BCUT2D eigenvalue weighted by Gasteiger charge is 2.39. The highest BCUT2D eigenvalue weighted by atomic mass is 16.5. The van der Waals surface area contributed by atoms with E-state index in [1.54, 1.807) is 0 Å². The van der Waals surface area contributed by atoms with Crippen molar-refractivity contribution in [1.82, 2.24) is 10.2 Å². The molecular formula is C18H36N2O. The van der Waals surface area contributed by atoms with Crippen molar-refractivity contribution in [2.45, 2.75) is 96.4 Å². The number of piperidine rings is 1. The van der Waals surface area contributed by atoms with Crippen LogP contribution >= 0.6 is 0 Å². The van der Waals surface area contributed by atoms with E-state index in [2.05, 4.69) is 37.9 Å². The van der Waals surface area contributed by atoms with Crippen LogP contribution in [0.25, 0.3) is 0 Å². The van der Waals surface area contributed by atoms with Crippen molar-refractivity contribution in [1.29, 1.82) is 0 Å². The van der Waals surface area contributed by atoms with Gasteiger partial charge in [-0.25, -0.2) is 0 Å². The lowest BCUT2D eigenvalue weighted by Crippen LogP contribution is -2.55. The summed E-state index contributed by atoms with van der Waals surface area (Å²) in [5.41, 5.74) is 0.153. The van der Waals surface area contributed by atoms with Gasteiger partial charge >= 0.3 is 0 Å². The topological polar surface area (TPSA) is 24.5 Å². The minimum Gasteiger partial charge on any atom is -0.375 e. The van der Waals surface area contributed by atoms with Gasteiger partial charge in [0, 0.05) is 31.3 Å². The Kier molecular flexibility index (Phi) is 6.51. The number of nitrogens with one attached hydrogen (secondary N) is 1. The van der Waals surface area contributed by atoms with Crippen molar-refractivity contribution in [3.05, 3.63) is 0 Å². The lowest BCUT2D eigenvalue weighted by atomic mass is 9.83. The predicted octanol–water partition coefficient (Wildman–Crippen LogP) is 3.58. The van der Waals surface area contributed by atoms with Gasteiger partial charge in [0.25, 0.3) is 0 Å². The van der Waals surface area contributed by atoms with Gasteiger partial charge in [0.15, 0.2) is 0 Å². The molecule has 0 radical (unpaired) electrons. The second kappa shape index (κ2) is 7.94. The van der Waals surface area contributed by atoms with E-state index in [-0.39, 0.29) is 5.60 Å². The molecule has 0 aromatic carbocycles. The molecule has 2 rings (SSSR count). The fourth-order valence-electron chi connectivity index (χ4n) is 4.29. The average molecular weight is 296 g/mol. The van der Waals surface area contributed by atoms with Crippen molar-refractivity contribution >= 4 is 0 Å². The Labute approximate surface area is 131 Å². The molecule has 1 N–H and O–H groups in total. The van der Waals surface area contributed by atoms with Crippen molar-refractivity contribution < 1.29 is 4.74 Å². The molecule has 124 valence electrons. The van der Waals surface area contributed by atoms with E-state index in [9.17, 15) is 0 Å². The molecular weight excluding hydrogens is 260 g/mol. The molecule has 0 saturated carbocycles. The number of hydrogen-bond donors (Lipinski definition) is 1. The highest BCUT2D eigenvalue weighted by molar-refractivity contribution is 4.93. The van der Waals surface area contributed by atoms with Gasteiger partial charge in [0.1, 0.15) is 0 Å². The van der Waals surface area contributed by atoms with E-state index < -0.39 is 0 Å². The molecule has 0 bridgehead atoms. The molecule has 2 aliphatic rings. The number of ether oxygens (including phenoxy) is 1. The first-order chi connectivity index (χ1) is 10.1. The molecule has 3 atom stereocenters. The molecule has 3 nitrogen and oxygen atoms in total. The van der Waals surface area contributed by atoms with E-state index in [4.69, 9.17) is 4.74 Å². The summed E-state index contributed by atoms with van der Waals surface area (Å²) >= 11 is 0. The van der Waals surface area contributed by atoms with Crippen molar-refractivity contribution in [3.63, 3.8) is 0 Å². The number of hydrogen-bond acceptors (Lipinski definition) is 3. The molecule has 3 heteroatoms. The third-order valence-corrected chi connectivity index (χ3v) is 5.84. The molecule has 2 saturated heterocycles. The van der Waals surface area contributed by atoms with Crippen molar-refractivity contribution in [2.75, 3.05) is 19.7 Å². The zero-order valence-corrected chi connectivity index (χ0v) is 14.7. The molecule has 2 heterocycles. The lowest BCUT2D eigenvalue weighted by Gasteiger charge is -2.48. The van der Waals surface area contributed by atoms with E-state index in [1.165, 1.54) is 45.2 Å². The Bertz CT molecular complexity index is 304. The van der Waals surface area contributed by atoms with Gasteiger partial charge < -0.3 is 10.1 Å². The first-order valence-corrected chi connectivity index (χ1v) is 9.27. The molecule has 2 aliphatic heterocycles. The van der Waals surface area contributed by atoms with E-state index in [0.29, 0.717) is 6.04 Å². The minimum absolute atomic E-state index is 0.153. The van der Waals surface area contributed by atoms with Gasteiger partial charge in [-0.05, 0) is 58.4 Å². The molecule has 21 heavy (non-hydrogen) atoms. The van der Waals surface area contributed by atoms with Crippen LogP contribution < -0.4 is 5.32 Å². The number of likely N-dealkylation sites (tertiary alicyclic amines) is 1. The molecule has 2 fully saturated rings. The molecule has 3 unspecified atom stereocenters. The Morgan fingerprint density at radius 3 is 2.57 bits per heavy atom. The van der Waals surface area contributed by atoms with Crippen LogP contribution in [0.5, 0.6) is 0 Å². The number of rotatable bonds is 6. The molecule has 0 spiro atoms. The summed E-state index contributed by atoms with van der Waals surface area (Å²) in [4.78, 5) is 2.78. The fraction of sp³-hybridized carbons (Fsp3) is 1.00. The van der Waals surface area contributed by atoms with Crippen molar-refractivity contribution in [2.24, 2.45) is 0 Å². The van der Waals surface area contributed by atoms with Crippen LogP contribution in [0.1, 0.15) is 72.6 Å². The van der Waals surface area contributed by atoms with Gasteiger partial charge in [-0.2, -0.15) is 0 Å². The summed E-state index contributed by atoms with van der Waals surface area (Å²) in [6, 6.07) is 2.18. The minimum atomic E-state index is 0.153. The maximum Gasteiger partial charge on any atom is 0.0692 e. The van der Waals surface area contributed by atoms with Gasteiger partial charge in [-0.3, -0.25) is 4.90 Å². The number of nitrogens with zero attached hydrogens (tertiary/aromatic N) is 1. The van der Waals surface area contributed by atoms with Gasteiger partial charge in [-0.15, -0.1) is 0 Å². The van der Waals surface area contributed by atoms with Gasteiger partial charge in [-0.1, -0.05) is 20.8 Å².